The molecule has 3 aromatic rings. The van der Waals surface area contributed by atoms with Crippen LogP contribution in [-0.4, -0.2) is 61.0 Å². The van der Waals surface area contributed by atoms with Gasteiger partial charge in [-0.3, -0.25) is 0 Å². The van der Waals surface area contributed by atoms with E-state index in [2.05, 4.69) is 20.3 Å². The third-order valence-corrected chi connectivity index (χ3v) is 7.46. The van der Waals surface area contributed by atoms with Crippen molar-refractivity contribution in [2.45, 2.75) is 18.7 Å². The Kier molecular flexibility index (Phi) is 6.68. The van der Waals surface area contributed by atoms with E-state index in [0.29, 0.717) is 48.7 Å². The van der Waals surface area contributed by atoms with Crippen LogP contribution in [0, 0.1) is 13.8 Å². The number of nitrogens with zero attached hydrogens (tertiary/aromatic N) is 5. The highest BCUT2D eigenvalue weighted by molar-refractivity contribution is 7.89. The predicted molar refractivity (Wildman–Crippen MR) is 128 cm³/mol. The van der Waals surface area contributed by atoms with Crippen LogP contribution < -0.4 is 15.0 Å². The number of methoxy groups -OCH3 is 1. The third-order valence-electron chi connectivity index (χ3n) is 5.30. The number of halogens is 1. The van der Waals surface area contributed by atoms with Crippen LogP contribution in [0.5, 0.6) is 5.75 Å². The number of ether oxygens (including phenoxy) is 1. The Bertz CT molecular complexity index is 1260. The van der Waals surface area contributed by atoms with E-state index in [1.165, 1.54) is 17.5 Å². The molecule has 1 aromatic carbocycles. The van der Waals surface area contributed by atoms with Crippen LogP contribution in [0.3, 0.4) is 0 Å². The van der Waals surface area contributed by atoms with Crippen LogP contribution >= 0.6 is 11.6 Å². The summed E-state index contributed by atoms with van der Waals surface area (Å²) in [6, 6.07) is 10.3. The lowest BCUT2D eigenvalue weighted by Crippen LogP contribution is -2.49. The molecule has 4 rings (SSSR count). The lowest BCUT2D eigenvalue weighted by Gasteiger charge is -2.35. The molecule has 0 atom stereocenters. The molecule has 1 fully saturated rings. The number of hydrogen-bond donors (Lipinski definition) is 1. The number of rotatable bonds is 6. The fraction of sp³-hybridized carbons (Fsp3) is 0.318. The van der Waals surface area contributed by atoms with Gasteiger partial charge in [-0.1, -0.05) is 11.6 Å². The fourth-order valence-corrected chi connectivity index (χ4v) is 5.50. The van der Waals surface area contributed by atoms with Gasteiger partial charge in [0.2, 0.25) is 10.0 Å². The summed E-state index contributed by atoms with van der Waals surface area (Å²) in [5, 5.41) is 3.56. The summed E-state index contributed by atoms with van der Waals surface area (Å²) in [5.74, 6) is 2.95. The molecule has 0 spiro atoms. The second-order valence-corrected chi connectivity index (χ2v) is 10.0. The zero-order valence-corrected chi connectivity index (χ0v) is 20.2. The first kappa shape index (κ1) is 23.2. The minimum atomic E-state index is -3.75. The summed E-state index contributed by atoms with van der Waals surface area (Å²) in [4.78, 5) is 15.4. The Hall–Kier alpha value is -2.95. The number of benzene rings is 1. The molecule has 1 aliphatic heterocycles. The van der Waals surface area contributed by atoms with Gasteiger partial charge in [0, 0.05) is 43.5 Å². The van der Waals surface area contributed by atoms with Crippen LogP contribution in [-0.2, 0) is 10.0 Å². The Morgan fingerprint density at radius 3 is 2.45 bits per heavy atom. The molecule has 0 aliphatic carbocycles. The van der Waals surface area contributed by atoms with Gasteiger partial charge in [0.15, 0.2) is 0 Å². The molecule has 9 nitrogen and oxygen atoms in total. The summed E-state index contributed by atoms with van der Waals surface area (Å²) in [6.07, 6.45) is 1.74. The molecule has 33 heavy (non-hydrogen) atoms. The average Bonchev–Trinajstić information content (AvgIpc) is 2.79. The number of piperazine rings is 1. The van der Waals surface area contributed by atoms with E-state index in [9.17, 15) is 8.42 Å². The molecule has 3 heterocycles. The summed E-state index contributed by atoms with van der Waals surface area (Å²) in [5.41, 5.74) is 1.09. The van der Waals surface area contributed by atoms with Gasteiger partial charge in [-0.2, -0.15) is 4.31 Å². The van der Waals surface area contributed by atoms with Crippen LogP contribution in [0.4, 0.5) is 17.5 Å². The number of sulfonamides is 1. The van der Waals surface area contributed by atoms with E-state index < -0.39 is 10.0 Å². The van der Waals surface area contributed by atoms with Crippen molar-refractivity contribution in [1.29, 1.82) is 0 Å². The Balaban J connectivity index is 1.50. The maximum atomic E-state index is 13.2. The van der Waals surface area contributed by atoms with Crippen molar-refractivity contribution in [3.8, 4) is 5.75 Å². The number of anilines is 3. The second kappa shape index (κ2) is 9.50. The van der Waals surface area contributed by atoms with Crippen molar-refractivity contribution in [1.82, 2.24) is 19.3 Å². The normalized spacial score (nSPS) is 14.8. The zero-order chi connectivity index (χ0) is 23.6. The van der Waals surface area contributed by atoms with Gasteiger partial charge < -0.3 is 15.0 Å². The number of aryl methyl sites for hydroxylation is 2. The Morgan fingerprint density at radius 2 is 1.76 bits per heavy atom. The van der Waals surface area contributed by atoms with E-state index in [-0.39, 0.29) is 10.6 Å². The largest absolute Gasteiger partial charge is 0.495 e. The van der Waals surface area contributed by atoms with Crippen molar-refractivity contribution >= 4 is 39.1 Å². The smallest absolute Gasteiger partial charge is 0.246 e. The molecule has 174 valence electrons. The number of aromatic nitrogens is 3. The van der Waals surface area contributed by atoms with Gasteiger partial charge in [-0.05, 0) is 49.7 Å². The molecule has 0 radical (unpaired) electrons. The van der Waals surface area contributed by atoms with Crippen molar-refractivity contribution in [3.05, 3.63) is 59.0 Å². The highest BCUT2D eigenvalue weighted by Crippen LogP contribution is 2.30. The quantitative estimate of drug-likeness (QED) is 0.563. The topological polar surface area (TPSA) is 101 Å². The van der Waals surface area contributed by atoms with Crippen LogP contribution in [0.15, 0.2) is 47.5 Å². The Morgan fingerprint density at radius 1 is 1.00 bits per heavy atom. The van der Waals surface area contributed by atoms with Crippen LogP contribution in [0.25, 0.3) is 0 Å². The highest BCUT2D eigenvalue weighted by Gasteiger charge is 2.31. The first-order valence-electron chi connectivity index (χ1n) is 10.4. The van der Waals surface area contributed by atoms with Crippen LogP contribution in [0.1, 0.15) is 11.4 Å². The Labute approximate surface area is 198 Å². The zero-order valence-electron chi connectivity index (χ0n) is 18.6. The standard InChI is InChI=1S/C22H25ClN6O3S/c1-15-6-7-24-20(12-15)27-21-14-22(26-16(2)25-21)28-8-10-29(11-9-28)33(30,31)19-13-17(23)4-5-18(19)32-3/h4-7,12-14H,8-11H2,1-3H3,(H,24,25,26,27). The minimum absolute atomic E-state index is 0.0703. The summed E-state index contributed by atoms with van der Waals surface area (Å²) >= 11 is 6.05. The molecule has 0 saturated carbocycles. The first-order chi connectivity index (χ1) is 15.8. The van der Waals surface area contributed by atoms with Gasteiger partial charge in [0.25, 0.3) is 0 Å². The number of nitrogens with one attached hydrogen (secondary N) is 1. The second-order valence-electron chi connectivity index (χ2n) is 7.69. The van der Waals surface area contributed by atoms with Gasteiger partial charge in [-0.25, -0.2) is 23.4 Å². The van der Waals surface area contributed by atoms with Gasteiger partial charge in [0.1, 0.15) is 33.9 Å². The van der Waals surface area contributed by atoms with E-state index in [4.69, 9.17) is 16.3 Å². The van der Waals surface area contributed by atoms with Gasteiger partial charge >= 0.3 is 0 Å². The van der Waals surface area contributed by atoms with E-state index in [1.807, 2.05) is 36.9 Å². The molecule has 1 N–H and O–H groups in total. The third kappa shape index (κ3) is 5.18. The molecular formula is C22H25ClN6O3S. The lowest BCUT2D eigenvalue weighted by molar-refractivity contribution is 0.373. The first-order valence-corrected chi connectivity index (χ1v) is 12.2. The molecule has 0 amide bonds. The molecule has 11 heteroatoms. The maximum Gasteiger partial charge on any atom is 0.246 e. The van der Waals surface area contributed by atoms with E-state index >= 15 is 0 Å². The monoisotopic (exact) mass is 488 g/mol. The number of pyridine rings is 1. The average molecular weight is 489 g/mol. The summed E-state index contributed by atoms with van der Waals surface area (Å²) in [6.45, 7) is 5.41. The fourth-order valence-electron chi connectivity index (χ4n) is 3.66. The van der Waals surface area contributed by atoms with Crippen molar-refractivity contribution < 1.29 is 13.2 Å². The molecule has 1 aliphatic rings. The SMILES string of the molecule is COc1ccc(Cl)cc1S(=O)(=O)N1CCN(c2cc(Nc3cc(C)ccn3)nc(C)n2)CC1. The predicted octanol–water partition coefficient (Wildman–Crippen LogP) is 3.40. The van der Waals surface area contributed by atoms with E-state index in [0.717, 1.165) is 11.4 Å². The van der Waals surface area contributed by atoms with Crippen molar-refractivity contribution in [3.63, 3.8) is 0 Å². The molecular weight excluding hydrogens is 464 g/mol. The maximum absolute atomic E-state index is 13.2. The summed E-state index contributed by atoms with van der Waals surface area (Å²) < 4.78 is 33.1. The molecule has 0 unspecified atom stereocenters. The summed E-state index contributed by atoms with van der Waals surface area (Å²) in [7, 11) is -2.31. The molecule has 1 saturated heterocycles. The highest BCUT2D eigenvalue weighted by atomic mass is 35.5. The van der Waals surface area contributed by atoms with E-state index in [1.54, 1.807) is 18.3 Å². The minimum Gasteiger partial charge on any atom is -0.495 e. The van der Waals surface area contributed by atoms with Gasteiger partial charge in [-0.15, -0.1) is 0 Å². The van der Waals surface area contributed by atoms with Crippen molar-refractivity contribution in [2.24, 2.45) is 0 Å². The van der Waals surface area contributed by atoms with Crippen molar-refractivity contribution in [2.75, 3.05) is 43.5 Å². The van der Waals surface area contributed by atoms with Crippen LogP contribution in [0.2, 0.25) is 5.02 Å². The molecule has 0 bridgehead atoms. The van der Waals surface area contributed by atoms with Gasteiger partial charge in [0.05, 0.1) is 7.11 Å². The lowest BCUT2D eigenvalue weighted by atomic mass is 10.3. The molecule has 2 aromatic heterocycles. The number of hydrogen-bond acceptors (Lipinski definition) is 8.